The number of rotatable bonds is 9. The summed E-state index contributed by atoms with van der Waals surface area (Å²) >= 11 is 0. The van der Waals surface area contributed by atoms with E-state index in [4.69, 9.17) is 9.47 Å². The normalized spacial score (nSPS) is 15.2. The molecule has 8 heteroatoms. The second-order valence-electron chi connectivity index (χ2n) is 7.55. The van der Waals surface area contributed by atoms with Gasteiger partial charge < -0.3 is 25.0 Å². The molecule has 170 valence electrons. The molecule has 1 heterocycles. The van der Waals surface area contributed by atoms with Crippen LogP contribution >= 0.6 is 0 Å². The third kappa shape index (κ3) is 6.00. The Bertz CT molecular complexity index is 928. The molecule has 8 nitrogen and oxygen atoms in total. The number of likely N-dealkylation sites (tertiary alicyclic amines) is 1. The summed E-state index contributed by atoms with van der Waals surface area (Å²) in [7, 11) is 3.16. The first-order chi connectivity index (χ1) is 15.5. The number of hydrogen-bond donors (Lipinski definition) is 2. The van der Waals surface area contributed by atoms with E-state index >= 15 is 0 Å². The second kappa shape index (κ2) is 11.2. The summed E-state index contributed by atoms with van der Waals surface area (Å²) < 4.78 is 10.2. The fourth-order valence-electron chi connectivity index (χ4n) is 3.68. The Morgan fingerprint density at radius 3 is 2.12 bits per heavy atom. The van der Waals surface area contributed by atoms with E-state index in [9.17, 15) is 14.4 Å². The minimum atomic E-state index is -0.474. The molecule has 1 aliphatic rings. The van der Waals surface area contributed by atoms with Gasteiger partial charge in [0.1, 0.15) is 17.5 Å². The lowest BCUT2D eigenvalue weighted by Crippen LogP contribution is -2.47. The molecule has 0 aromatic heterocycles. The summed E-state index contributed by atoms with van der Waals surface area (Å²) in [4.78, 5) is 39.2. The van der Waals surface area contributed by atoms with E-state index in [0.717, 1.165) is 17.7 Å². The van der Waals surface area contributed by atoms with Gasteiger partial charge in [0, 0.05) is 25.2 Å². The molecule has 1 atom stereocenters. The van der Waals surface area contributed by atoms with Crippen molar-refractivity contribution in [1.82, 2.24) is 15.5 Å². The Morgan fingerprint density at radius 1 is 0.906 bits per heavy atom. The Kier molecular flexibility index (Phi) is 8.08. The molecule has 0 bridgehead atoms. The third-order valence-electron chi connectivity index (χ3n) is 5.45. The van der Waals surface area contributed by atoms with Crippen LogP contribution in [0.4, 0.5) is 0 Å². The average Bonchev–Trinajstić information content (AvgIpc) is 3.32. The third-order valence-corrected chi connectivity index (χ3v) is 5.45. The van der Waals surface area contributed by atoms with Gasteiger partial charge in [-0.05, 0) is 54.8 Å². The van der Waals surface area contributed by atoms with Crippen molar-refractivity contribution in [2.75, 3.05) is 33.9 Å². The smallest absolute Gasteiger partial charge is 0.251 e. The van der Waals surface area contributed by atoms with Crippen molar-refractivity contribution in [2.24, 2.45) is 0 Å². The van der Waals surface area contributed by atoms with Gasteiger partial charge in [-0.25, -0.2) is 0 Å². The quantitative estimate of drug-likeness (QED) is 0.581. The topological polar surface area (TPSA) is 97.0 Å². The molecule has 0 saturated carbocycles. The van der Waals surface area contributed by atoms with E-state index in [0.29, 0.717) is 30.8 Å². The lowest BCUT2D eigenvalue weighted by atomic mass is 10.1. The van der Waals surface area contributed by atoms with E-state index in [2.05, 4.69) is 10.6 Å². The van der Waals surface area contributed by atoms with Gasteiger partial charge in [0.15, 0.2) is 0 Å². The van der Waals surface area contributed by atoms with Crippen molar-refractivity contribution in [3.05, 3.63) is 59.7 Å². The Morgan fingerprint density at radius 2 is 1.50 bits per heavy atom. The highest BCUT2D eigenvalue weighted by atomic mass is 16.5. The van der Waals surface area contributed by atoms with E-state index in [1.165, 1.54) is 0 Å². The van der Waals surface area contributed by atoms with Crippen molar-refractivity contribution < 1.29 is 23.9 Å². The number of methoxy groups -OCH3 is 2. The van der Waals surface area contributed by atoms with Crippen LogP contribution in [0.15, 0.2) is 48.5 Å². The summed E-state index contributed by atoms with van der Waals surface area (Å²) in [6, 6.07) is 13.7. The Hall–Kier alpha value is -3.55. The fraction of sp³-hybridized carbons (Fsp3) is 0.375. The zero-order valence-electron chi connectivity index (χ0n) is 18.4. The molecule has 0 spiro atoms. The predicted octanol–water partition coefficient (Wildman–Crippen LogP) is 1.78. The summed E-state index contributed by atoms with van der Waals surface area (Å²) in [5.74, 6) is 0.930. The van der Waals surface area contributed by atoms with Crippen LogP contribution in [-0.2, 0) is 16.0 Å². The monoisotopic (exact) mass is 439 g/mol. The number of ether oxygens (including phenoxy) is 2. The van der Waals surface area contributed by atoms with Gasteiger partial charge >= 0.3 is 0 Å². The van der Waals surface area contributed by atoms with Crippen molar-refractivity contribution >= 4 is 17.7 Å². The molecule has 3 rings (SSSR count). The van der Waals surface area contributed by atoms with E-state index < -0.39 is 6.04 Å². The second-order valence-corrected chi connectivity index (χ2v) is 7.55. The first-order valence-electron chi connectivity index (χ1n) is 10.6. The van der Waals surface area contributed by atoms with Crippen LogP contribution in [0.25, 0.3) is 0 Å². The molecule has 3 amide bonds. The summed E-state index contributed by atoms with van der Waals surface area (Å²) in [6.45, 7) is 1.15. The first kappa shape index (κ1) is 23.1. The van der Waals surface area contributed by atoms with Crippen LogP contribution < -0.4 is 20.1 Å². The largest absolute Gasteiger partial charge is 0.497 e. The van der Waals surface area contributed by atoms with Gasteiger partial charge in [-0.2, -0.15) is 0 Å². The first-order valence-corrected chi connectivity index (χ1v) is 10.6. The molecular weight excluding hydrogens is 410 g/mol. The van der Waals surface area contributed by atoms with E-state index in [1.54, 1.807) is 43.4 Å². The molecule has 0 aliphatic carbocycles. The van der Waals surface area contributed by atoms with Crippen molar-refractivity contribution in [3.63, 3.8) is 0 Å². The molecule has 1 fully saturated rings. The lowest BCUT2D eigenvalue weighted by Gasteiger charge is -2.24. The maximum absolute atomic E-state index is 12.8. The van der Waals surface area contributed by atoms with E-state index in [-0.39, 0.29) is 30.7 Å². The number of carbonyl (C=O) groups is 3. The van der Waals surface area contributed by atoms with Gasteiger partial charge in [-0.15, -0.1) is 0 Å². The number of nitrogens with one attached hydrogen (secondary N) is 2. The van der Waals surface area contributed by atoms with Gasteiger partial charge in [0.2, 0.25) is 11.8 Å². The SMILES string of the molecule is COc1ccc(CC(=O)N2CCC[C@@H]2C(=O)NCCNC(=O)c2ccc(OC)cc2)cc1. The molecule has 0 radical (unpaired) electrons. The number of nitrogens with zero attached hydrogens (tertiary/aromatic N) is 1. The molecule has 32 heavy (non-hydrogen) atoms. The van der Waals surface area contributed by atoms with Crippen LogP contribution in [0, 0.1) is 0 Å². The Balaban J connectivity index is 1.44. The fourth-order valence-corrected chi connectivity index (χ4v) is 3.68. The molecule has 2 N–H and O–H groups in total. The van der Waals surface area contributed by atoms with Crippen LogP contribution in [0.1, 0.15) is 28.8 Å². The molecule has 2 aromatic carbocycles. The molecule has 1 aliphatic heterocycles. The van der Waals surface area contributed by atoms with Crippen LogP contribution in [0.2, 0.25) is 0 Å². The zero-order valence-corrected chi connectivity index (χ0v) is 18.4. The minimum Gasteiger partial charge on any atom is -0.497 e. The minimum absolute atomic E-state index is 0.0689. The average molecular weight is 440 g/mol. The van der Waals surface area contributed by atoms with Gasteiger partial charge in [-0.3, -0.25) is 14.4 Å². The molecule has 0 unspecified atom stereocenters. The van der Waals surface area contributed by atoms with Crippen molar-refractivity contribution in [2.45, 2.75) is 25.3 Å². The summed E-state index contributed by atoms with van der Waals surface area (Å²) in [5, 5.41) is 5.60. The highest BCUT2D eigenvalue weighted by Gasteiger charge is 2.33. The van der Waals surface area contributed by atoms with Crippen LogP contribution in [0.3, 0.4) is 0 Å². The van der Waals surface area contributed by atoms with Crippen molar-refractivity contribution in [1.29, 1.82) is 0 Å². The lowest BCUT2D eigenvalue weighted by molar-refractivity contribution is -0.137. The zero-order chi connectivity index (χ0) is 22.9. The molecule has 1 saturated heterocycles. The Labute approximate surface area is 187 Å². The highest BCUT2D eigenvalue weighted by Crippen LogP contribution is 2.20. The summed E-state index contributed by atoms with van der Waals surface area (Å²) in [6.07, 6.45) is 1.67. The standard InChI is InChI=1S/C24H29N3O5/c1-31-19-9-5-17(6-10-19)16-22(28)27-15-3-4-21(27)24(30)26-14-13-25-23(29)18-7-11-20(32-2)12-8-18/h5-12,21H,3-4,13-16H2,1-2H3,(H,25,29)(H,26,30)/t21-/m1/s1. The van der Waals surface area contributed by atoms with Gasteiger partial charge in [0.05, 0.1) is 20.6 Å². The maximum Gasteiger partial charge on any atom is 0.251 e. The van der Waals surface area contributed by atoms with Crippen LogP contribution in [-0.4, -0.2) is 62.5 Å². The van der Waals surface area contributed by atoms with E-state index in [1.807, 2.05) is 24.3 Å². The number of benzene rings is 2. The van der Waals surface area contributed by atoms with Crippen LogP contribution in [0.5, 0.6) is 11.5 Å². The predicted molar refractivity (Wildman–Crippen MR) is 120 cm³/mol. The number of amides is 3. The van der Waals surface area contributed by atoms with Gasteiger partial charge in [-0.1, -0.05) is 12.1 Å². The molecule has 2 aromatic rings. The maximum atomic E-state index is 12.8. The highest BCUT2D eigenvalue weighted by molar-refractivity contribution is 5.94. The van der Waals surface area contributed by atoms with Crippen molar-refractivity contribution in [3.8, 4) is 11.5 Å². The molecular formula is C24H29N3O5. The van der Waals surface area contributed by atoms with Gasteiger partial charge in [0.25, 0.3) is 5.91 Å². The number of hydrogen-bond acceptors (Lipinski definition) is 5. The number of carbonyl (C=O) groups excluding carboxylic acids is 3. The summed E-state index contributed by atoms with van der Waals surface area (Å²) in [5.41, 5.74) is 1.39.